The van der Waals surface area contributed by atoms with Crippen molar-refractivity contribution in [3.8, 4) is 0 Å². The van der Waals surface area contributed by atoms with Crippen molar-refractivity contribution in [2.45, 2.75) is 50.8 Å². The van der Waals surface area contributed by atoms with Crippen LogP contribution in [0.25, 0.3) is 0 Å². The third kappa shape index (κ3) is 2.97. The third-order valence-electron chi connectivity index (χ3n) is 3.83. The van der Waals surface area contributed by atoms with Crippen molar-refractivity contribution in [2.75, 3.05) is 0 Å². The van der Waals surface area contributed by atoms with E-state index in [0.29, 0.717) is 11.3 Å². The van der Waals surface area contributed by atoms with Gasteiger partial charge in [0, 0.05) is 12.4 Å². The summed E-state index contributed by atoms with van der Waals surface area (Å²) in [5, 5.41) is 5.43. The first-order valence-corrected chi connectivity index (χ1v) is 7.23. The zero-order chi connectivity index (χ0) is 12.4. The summed E-state index contributed by atoms with van der Waals surface area (Å²) in [7, 11) is 1.95. The van der Waals surface area contributed by atoms with E-state index < -0.39 is 0 Å². The summed E-state index contributed by atoms with van der Waals surface area (Å²) in [5.74, 6) is 0.713. The highest BCUT2D eigenvalue weighted by atomic mass is 35.5. The maximum absolute atomic E-state index is 6.48. The second-order valence-electron chi connectivity index (χ2n) is 5.07. The van der Waals surface area contributed by atoms with Crippen LogP contribution in [0.5, 0.6) is 0 Å². The van der Waals surface area contributed by atoms with Crippen LogP contribution in [0.4, 0.5) is 0 Å². The van der Waals surface area contributed by atoms with Crippen LogP contribution in [0.3, 0.4) is 0 Å². The van der Waals surface area contributed by atoms with Gasteiger partial charge in [0.1, 0.15) is 0 Å². The second-order valence-corrected chi connectivity index (χ2v) is 6.01. The zero-order valence-corrected chi connectivity index (χ0v) is 12.1. The minimum Gasteiger partial charge on any atom is -0.271 e. The summed E-state index contributed by atoms with van der Waals surface area (Å²) in [5.41, 5.74) is 2.03. The molecular formula is C13H20Cl2N2. The summed E-state index contributed by atoms with van der Waals surface area (Å²) < 4.78 is 1.88. The molecule has 1 aromatic heterocycles. The largest absolute Gasteiger partial charge is 0.271 e. The molecule has 2 rings (SSSR count). The molecule has 1 unspecified atom stereocenters. The van der Waals surface area contributed by atoms with Crippen LogP contribution in [0.15, 0.2) is 0 Å². The van der Waals surface area contributed by atoms with Crippen LogP contribution in [0.2, 0.25) is 5.02 Å². The Morgan fingerprint density at radius 3 is 2.59 bits per heavy atom. The first kappa shape index (κ1) is 13.2. The second kappa shape index (κ2) is 5.62. The topological polar surface area (TPSA) is 17.8 Å². The number of rotatable bonds is 4. The highest BCUT2D eigenvalue weighted by Gasteiger charge is 2.23. The first-order valence-electron chi connectivity index (χ1n) is 6.41. The van der Waals surface area contributed by atoms with Crippen molar-refractivity contribution in [3.05, 3.63) is 16.4 Å². The Morgan fingerprint density at radius 2 is 2.06 bits per heavy atom. The van der Waals surface area contributed by atoms with Crippen molar-refractivity contribution in [3.63, 3.8) is 0 Å². The fourth-order valence-electron chi connectivity index (χ4n) is 2.78. The SMILES string of the molecule is Cc1nn(C)c(CCC(Cl)C2CCCC2)c1Cl. The molecule has 0 aromatic carbocycles. The molecule has 4 heteroatoms. The van der Waals surface area contributed by atoms with Gasteiger partial charge in [-0.3, -0.25) is 4.68 Å². The summed E-state index contributed by atoms with van der Waals surface area (Å²) in [4.78, 5) is 0. The van der Waals surface area contributed by atoms with E-state index >= 15 is 0 Å². The van der Waals surface area contributed by atoms with E-state index in [-0.39, 0.29) is 0 Å². The Labute approximate surface area is 113 Å². The number of halogens is 2. The van der Waals surface area contributed by atoms with Gasteiger partial charge in [0.15, 0.2) is 0 Å². The molecule has 1 saturated carbocycles. The monoisotopic (exact) mass is 274 g/mol. The predicted molar refractivity (Wildman–Crippen MR) is 72.9 cm³/mol. The Bertz CT molecular complexity index is 381. The highest BCUT2D eigenvalue weighted by molar-refractivity contribution is 6.31. The van der Waals surface area contributed by atoms with Crippen LogP contribution < -0.4 is 0 Å². The van der Waals surface area contributed by atoms with E-state index in [2.05, 4.69) is 5.10 Å². The van der Waals surface area contributed by atoms with Crippen LogP contribution in [0, 0.1) is 12.8 Å². The lowest BCUT2D eigenvalue weighted by Gasteiger charge is -2.16. The molecular weight excluding hydrogens is 255 g/mol. The number of alkyl halides is 1. The minimum atomic E-state index is 0.295. The molecule has 0 bridgehead atoms. The Hall–Kier alpha value is -0.210. The molecule has 1 heterocycles. The van der Waals surface area contributed by atoms with Gasteiger partial charge >= 0.3 is 0 Å². The van der Waals surface area contributed by atoms with Gasteiger partial charge in [0.05, 0.1) is 16.4 Å². The molecule has 2 nitrogen and oxygen atoms in total. The summed E-state index contributed by atoms with van der Waals surface area (Å²) in [6.45, 7) is 1.95. The molecule has 1 aromatic rings. The average Bonchev–Trinajstić information content (AvgIpc) is 2.88. The smallest absolute Gasteiger partial charge is 0.0846 e. The van der Waals surface area contributed by atoms with Crippen LogP contribution in [-0.4, -0.2) is 15.2 Å². The normalized spacial score (nSPS) is 18.8. The highest BCUT2D eigenvalue weighted by Crippen LogP contribution is 2.33. The third-order valence-corrected chi connectivity index (χ3v) is 4.90. The molecule has 0 N–H and O–H groups in total. The van der Waals surface area contributed by atoms with E-state index in [1.165, 1.54) is 25.7 Å². The summed E-state index contributed by atoms with van der Waals surface area (Å²) in [6.07, 6.45) is 7.23. The molecule has 96 valence electrons. The number of hydrogen-bond donors (Lipinski definition) is 0. The van der Waals surface area contributed by atoms with Crippen molar-refractivity contribution in [1.29, 1.82) is 0 Å². The number of nitrogens with zero attached hydrogens (tertiary/aromatic N) is 2. The lowest BCUT2D eigenvalue weighted by atomic mass is 9.99. The van der Waals surface area contributed by atoms with E-state index in [4.69, 9.17) is 23.2 Å². The number of hydrogen-bond acceptors (Lipinski definition) is 1. The number of aryl methyl sites for hydroxylation is 2. The average molecular weight is 275 g/mol. The van der Waals surface area contributed by atoms with Crippen LogP contribution >= 0.6 is 23.2 Å². The molecule has 1 fully saturated rings. The molecule has 1 aliphatic carbocycles. The summed E-state index contributed by atoms with van der Waals surface area (Å²) >= 11 is 12.7. The number of aromatic nitrogens is 2. The summed E-state index contributed by atoms with van der Waals surface area (Å²) in [6, 6.07) is 0. The predicted octanol–water partition coefficient (Wildman–Crippen LogP) is 4.11. The van der Waals surface area contributed by atoms with Gasteiger partial charge in [0.25, 0.3) is 0 Å². The standard InChI is InChI=1S/C13H20Cl2N2/c1-9-13(15)12(17(2)16-9)8-7-11(14)10-5-3-4-6-10/h10-11H,3-8H2,1-2H3. The molecule has 17 heavy (non-hydrogen) atoms. The molecule has 1 aliphatic rings. The van der Waals surface area contributed by atoms with E-state index in [0.717, 1.165) is 29.3 Å². The maximum Gasteiger partial charge on any atom is 0.0846 e. The Morgan fingerprint density at radius 1 is 1.41 bits per heavy atom. The molecule has 0 radical (unpaired) electrons. The fourth-order valence-corrected chi connectivity index (χ4v) is 3.40. The van der Waals surface area contributed by atoms with Gasteiger partial charge in [-0.1, -0.05) is 24.4 Å². The van der Waals surface area contributed by atoms with Crippen molar-refractivity contribution < 1.29 is 0 Å². The zero-order valence-electron chi connectivity index (χ0n) is 10.5. The first-order chi connectivity index (χ1) is 8.09. The molecule has 0 amide bonds. The molecule has 0 aliphatic heterocycles. The van der Waals surface area contributed by atoms with Crippen LogP contribution in [-0.2, 0) is 13.5 Å². The van der Waals surface area contributed by atoms with Crippen molar-refractivity contribution >= 4 is 23.2 Å². The van der Waals surface area contributed by atoms with Gasteiger partial charge in [0.2, 0.25) is 0 Å². The van der Waals surface area contributed by atoms with E-state index in [9.17, 15) is 0 Å². The quantitative estimate of drug-likeness (QED) is 0.756. The fraction of sp³-hybridized carbons (Fsp3) is 0.769. The maximum atomic E-state index is 6.48. The van der Waals surface area contributed by atoms with Crippen molar-refractivity contribution in [2.24, 2.45) is 13.0 Å². The lowest BCUT2D eigenvalue weighted by molar-refractivity contribution is 0.487. The Balaban J connectivity index is 1.92. The molecule has 1 atom stereocenters. The van der Waals surface area contributed by atoms with Crippen LogP contribution in [0.1, 0.15) is 43.5 Å². The Kier molecular flexibility index (Phi) is 4.37. The van der Waals surface area contributed by atoms with Gasteiger partial charge in [-0.25, -0.2) is 0 Å². The van der Waals surface area contributed by atoms with Gasteiger partial charge < -0.3 is 0 Å². The lowest BCUT2D eigenvalue weighted by Crippen LogP contribution is -2.13. The van der Waals surface area contributed by atoms with E-state index in [1.54, 1.807) is 0 Å². The van der Waals surface area contributed by atoms with Gasteiger partial charge in [-0.05, 0) is 38.5 Å². The van der Waals surface area contributed by atoms with Gasteiger partial charge in [-0.15, -0.1) is 11.6 Å². The molecule has 0 saturated heterocycles. The van der Waals surface area contributed by atoms with Crippen molar-refractivity contribution in [1.82, 2.24) is 9.78 Å². The van der Waals surface area contributed by atoms with E-state index in [1.807, 2.05) is 18.7 Å². The minimum absolute atomic E-state index is 0.295. The van der Waals surface area contributed by atoms with Gasteiger partial charge in [-0.2, -0.15) is 5.10 Å². The molecule has 0 spiro atoms.